The van der Waals surface area contributed by atoms with Crippen LogP contribution in [0.3, 0.4) is 0 Å². The molecule has 1 aromatic carbocycles. The van der Waals surface area contributed by atoms with Crippen LogP contribution in [0.2, 0.25) is 0 Å². The molecular formula is C15H19F2NO3S. The van der Waals surface area contributed by atoms with Gasteiger partial charge in [0.1, 0.15) is 9.84 Å². The smallest absolute Gasteiger partial charge is 0.263 e. The number of halogens is 2. The average Bonchev–Trinajstić information content (AvgIpc) is 2.72. The van der Waals surface area contributed by atoms with Crippen LogP contribution < -0.4 is 0 Å². The minimum atomic E-state index is -3.10. The van der Waals surface area contributed by atoms with E-state index in [-0.39, 0.29) is 11.5 Å². The maximum Gasteiger partial charge on any atom is 0.263 e. The lowest BCUT2D eigenvalue weighted by Crippen LogP contribution is -2.32. The zero-order valence-corrected chi connectivity index (χ0v) is 13.2. The van der Waals surface area contributed by atoms with E-state index in [0.717, 1.165) is 0 Å². The number of alkyl halides is 2. The van der Waals surface area contributed by atoms with E-state index in [1.165, 1.54) is 30.5 Å². The highest BCUT2D eigenvalue weighted by Gasteiger charge is 2.27. The number of likely N-dealkylation sites (tertiary alicyclic amines) is 1. The number of carbonyl (C=O) groups is 1. The SMILES string of the molecule is CS(=O)(=O)C1CCCN(C(=O)c2ccc(C(F)F)cc2)CC1. The van der Waals surface area contributed by atoms with Gasteiger partial charge in [-0.25, -0.2) is 17.2 Å². The van der Waals surface area contributed by atoms with Gasteiger partial charge in [-0.15, -0.1) is 0 Å². The van der Waals surface area contributed by atoms with Crippen molar-refractivity contribution in [2.75, 3.05) is 19.3 Å². The van der Waals surface area contributed by atoms with Crippen molar-refractivity contribution in [3.63, 3.8) is 0 Å². The Morgan fingerprint density at radius 1 is 1.18 bits per heavy atom. The van der Waals surface area contributed by atoms with Crippen molar-refractivity contribution in [3.8, 4) is 0 Å². The fourth-order valence-corrected chi connectivity index (χ4v) is 3.78. The summed E-state index contributed by atoms with van der Waals surface area (Å²) in [6.07, 6.45) is 0.251. The number of hydrogen-bond acceptors (Lipinski definition) is 3. The third kappa shape index (κ3) is 4.03. The number of carbonyl (C=O) groups excluding carboxylic acids is 1. The number of nitrogens with zero attached hydrogens (tertiary/aromatic N) is 1. The lowest BCUT2D eigenvalue weighted by molar-refractivity contribution is 0.0761. The van der Waals surface area contributed by atoms with Crippen molar-refractivity contribution in [2.24, 2.45) is 0 Å². The second-order valence-electron chi connectivity index (χ2n) is 5.60. The Morgan fingerprint density at radius 3 is 2.36 bits per heavy atom. The molecule has 7 heteroatoms. The fraction of sp³-hybridized carbons (Fsp3) is 0.533. The predicted molar refractivity (Wildman–Crippen MR) is 79.8 cm³/mol. The van der Waals surface area contributed by atoms with E-state index in [4.69, 9.17) is 0 Å². The summed E-state index contributed by atoms with van der Waals surface area (Å²) in [7, 11) is -3.10. The van der Waals surface area contributed by atoms with Crippen molar-refractivity contribution in [1.82, 2.24) is 4.90 Å². The van der Waals surface area contributed by atoms with Gasteiger partial charge in [0.05, 0.1) is 5.25 Å². The van der Waals surface area contributed by atoms with Gasteiger partial charge in [-0.3, -0.25) is 4.79 Å². The third-order valence-corrected chi connectivity index (χ3v) is 5.66. The number of hydrogen-bond donors (Lipinski definition) is 0. The van der Waals surface area contributed by atoms with Crippen LogP contribution in [-0.2, 0) is 9.84 Å². The van der Waals surface area contributed by atoms with Crippen LogP contribution in [-0.4, -0.2) is 43.8 Å². The van der Waals surface area contributed by atoms with E-state index in [9.17, 15) is 22.0 Å². The van der Waals surface area contributed by atoms with Gasteiger partial charge in [0.2, 0.25) is 0 Å². The first-order valence-electron chi connectivity index (χ1n) is 7.15. The van der Waals surface area contributed by atoms with Crippen LogP contribution in [0.5, 0.6) is 0 Å². The molecule has 1 unspecified atom stereocenters. The molecule has 1 aliphatic heterocycles. The average molecular weight is 331 g/mol. The molecule has 1 atom stereocenters. The summed E-state index contributed by atoms with van der Waals surface area (Å²) in [5.41, 5.74) is 0.228. The molecule has 0 N–H and O–H groups in total. The van der Waals surface area contributed by atoms with Crippen LogP contribution in [0.25, 0.3) is 0 Å². The Bertz CT molecular complexity index is 629. The first-order chi connectivity index (χ1) is 10.3. The van der Waals surface area contributed by atoms with Crippen molar-refractivity contribution >= 4 is 15.7 Å². The van der Waals surface area contributed by atoms with E-state index in [0.29, 0.717) is 37.9 Å². The highest BCUT2D eigenvalue weighted by Crippen LogP contribution is 2.21. The Labute approximate surface area is 129 Å². The molecule has 22 heavy (non-hydrogen) atoms. The lowest BCUT2D eigenvalue weighted by Gasteiger charge is -2.20. The molecular weight excluding hydrogens is 312 g/mol. The number of amides is 1. The Kier molecular flexibility index (Phi) is 5.16. The summed E-state index contributed by atoms with van der Waals surface area (Å²) in [6.45, 7) is 0.856. The van der Waals surface area contributed by atoms with Crippen LogP contribution in [0.4, 0.5) is 8.78 Å². The molecule has 0 aliphatic carbocycles. The molecule has 0 radical (unpaired) electrons. The van der Waals surface area contributed by atoms with E-state index in [1.54, 1.807) is 4.90 Å². The molecule has 1 aliphatic rings. The van der Waals surface area contributed by atoms with Crippen LogP contribution in [0.15, 0.2) is 24.3 Å². The molecule has 4 nitrogen and oxygen atoms in total. The Balaban J connectivity index is 2.06. The zero-order valence-electron chi connectivity index (χ0n) is 12.3. The van der Waals surface area contributed by atoms with Gasteiger partial charge in [-0.1, -0.05) is 12.1 Å². The first-order valence-corrected chi connectivity index (χ1v) is 9.11. The van der Waals surface area contributed by atoms with Gasteiger partial charge in [0.15, 0.2) is 0 Å². The van der Waals surface area contributed by atoms with Gasteiger partial charge in [0.25, 0.3) is 12.3 Å². The van der Waals surface area contributed by atoms with Crippen LogP contribution in [0.1, 0.15) is 41.6 Å². The molecule has 0 aromatic heterocycles. The van der Waals surface area contributed by atoms with Crippen molar-refractivity contribution < 1.29 is 22.0 Å². The fourth-order valence-electron chi connectivity index (χ4n) is 2.65. The first kappa shape index (κ1) is 16.9. The van der Waals surface area contributed by atoms with Gasteiger partial charge < -0.3 is 4.90 Å². The predicted octanol–water partition coefficient (Wildman–Crippen LogP) is 2.66. The summed E-state index contributed by atoms with van der Waals surface area (Å²) >= 11 is 0. The van der Waals surface area contributed by atoms with Crippen molar-refractivity contribution in [3.05, 3.63) is 35.4 Å². The monoisotopic (exact) mass is 331 g/mol. The lowest BCUT2D eigenvalue weighted by atomic mass is 10.1. The van der Waals surface area contributed by atoms with Gasteiger partial charge in [0, 0.05) is 30.5 Å². The van der Waals surface area contributed by atoms with Crippen molar-refractivity contribution in [2.45, 2.75) is 30.9 Å². The standard InChI is InChI=1S/C15H19F2NO3S/c1-22(20,21)13-3-2-9-18(10-8-13)15(19)12-6-4-11(5-7-12)14(16)17/h4-7,13-14H,2-3,8-10H2,1H3. The van der Waals surface area contributed by atoms with Gasteiger partial charge in [-0.2, -0.15) is 0 Å². The highest BCUT2D eigenvalue weighted by atomic mass is 32.2. The molecule has 1 fully saturated rings. The molecule has 1 aromatic rings. The maximum atomic E-state index is 12.5. The summed E-state index contributed by atoms with van der Waals surface area (Å²) < 4.78 is 48.2. The molecule has 0 saturated carbocycles. The summed E-state index contributed by atoms with van der Waals surface area (Å²) in [5.74, 6) is -0.241. The molecule has 1 amide bonds. The topological polar surface area (TPSA) is 54.5 Å². The van der Waals surface area contributed by atoms with E-state index in [1.807, 2.05) is 0 Å². The largest absolute Gasteiger partial charge is 0.339 e. The number of sulfone groups is 1. The maximum absolute atomic E-state index is 12.5. The summed E-state index contributed by atoms with van der Waals surface area (Å²) in [4.78, 5) is 14.0. The molecule has 1 heterocycles. The van der Waals surface area contributed by atoms with Crippen molar-refractivity contribution in [1.29, 1.82) is 0 Å². The number of rotatable bonds is 3. The molecule has 2 rings (SSSR count). The summed E-state index contributed by atoms with van der Waals surface area (Å²) in [6, 6.07) is 5.27. The Morgan fingerprint density at radius 2 is 1.82 bits per heavy atom. The van der Waals surface area contributed by atoms with Gasteiger partial charge in [-0.05, 0) is 31.4 Å². The van der Waals surface area contributed by atoms with E-state index >= 15 is 0 Å². The quantitative estimate of drug-likeness (QED) is 0.856. The zero-order chi connectivity index (χ0) is 16.3. The minimum Gasteiger partial charge on any atom is -0.339 e. The van der Waals surface area contributed by atoms with E-state index < -0.39 is 21.5 Å². The summed E-state index contributed by atoms with van der Waals surface area (Å²) in [5, 5.41) is -0.411. The van der Waals surface area contributed by atoms with Crippen LogP contribution >= 0.6 is 0 Å². The highest BCUT2D eigenvalue weighted by molar-refractivity contribution is 7.91. The second kappa shape index (κ2) is 6.73. The minimum absolute atomic E-state index is 0.121. The Hall–Kier alpha value is -1.50. The number of benzene rings is 1. The third-order valence-electron chi connectivity index (χ3n) is 3.98. The van der Waals surface area contributed by atoms with Gasteiger partial charge >= 0.3 is 0 Å². The van der Waals surface area contributed by atoms with E-state index in [2.05, 4.69) is 0 Å². The second-order valence-corrected chi connectivity index (χ2v) is 7.92. The molecule has 0 spiro atoms. The molecule has 0 bridgehead atoms. The van der Waals surface area contributed by atoms with Crippen LogP contribution in [0, 0.1) is 0 Å². The molecule has 1 saturated heterocycles. The normalized spacial score (nSPS) is 20.0. The molecule has 122 valence electrons.